The van der Waals surface area contributed by atoms with Crippen molar-refractivity contribution in [3.63, 3.8) is 0 Å². The van der Waals surface area contributed by atoms with Gasteiger partial charge in [-0.25, -0.2) is 18.0 Å². The van der Waals surface area contributed by atoms with Gasteiger partial charge in [-0.05, 0) is 92.0 Å². The lowest BCUT2D eigenvalue weighted by Crippen LogP contribution is -2.30. The van der Waals surface area contributed by atoms with E-state index >= 15 is 0 Å². The summed E-state index contributed by atoms with van der Waals surface area (Å²) in [5.74, 6) is -1.39. The van der Waals surface area contributed by atoms with E-state index in [1.807, 2.05) is 0 Å². The molecule has 0 spiro atoms. The molecule has 158 valence electrons. The Morgan fingerprint density at radius 2 is 1.70 bits per heavy atom. The number of carbonyl (C=O) groups is 1. The van der Waals surface area contributed by atoms with Crippen LogP contribution in [0.5, 0.6) is 5.75 Å². The first-order chi connectivity index (χ1) is 14.4. The Morgan fingerprint density at radius 1 is 0.933 bits per heavy atom. The number of rotatable bonds is 4. The van der Waals surface area contributed by atoms with Crippen molar-refractivity contribution in [3.05, 3.63) is 77.6 Å². The summed E-state index contributed by atoms with van der Waals surface area (Å²) in [6, 6.07) is 6.97. The summed E-state index contributed by atoms with van der Waals surface area (Å²) in [7, 11) is 0. The van der Waals surface area contributed by atoms with Crippen LogP contribution < -0.4 is 4.74 Å². The van der Waals surface area contributed by atoms with Crippen LogP contribution in [0.25, 0.3) is 0 Å². The summed E-state index contributed by atoms with van der Waals surface area (Å²) in [6.45, 7) is 3.93. The van der Waals surface area contributed by atoms with Crippen LogP contribution in [0.15, 0.2) is 49.1 Å². The third kappa shape index (κ3) is 4.30. The molecule has 0 amide bonds. The van der Waals surface area contributed by atoms with Crippen LogP contribution in [-0.4, -0.2) is 5.97 Å². The van der Waals surface area contributed by atoms with Gasteiger partial charge in [-0.3, -0.25) is 0 Å². The van der Waals surface area contributed by atoms with Crippen LogP contribution in [0.1, 0.15) is 60.4 Å². The lowest BCUT2D eigenvalue weighted by Gasteiger charge is -2.41. The Kier molecular flexibility index (Phi) is 5.98. The molecule has 0 saturated heterocycles. The van der Waals surface area contributed by atoms with Gasteiger partial charge in [-0.15, -0.1) is 6.58 Å². The molecule has 2 nitrogen and oxygen atoms in total. The zero-order chi connectivity index (χ0) is 21.3. The topological polar surface area (TPSA) is 26.3 Å². The molecule has 0 aromatic heterocycles. The van der Waals surface area contributed by atoms with Gasteiger partial charge in [0.25, 0.3) is 0 Å². The molecule has 30 heavy (non-hydrogen) atoms. The number of halogens is 3. The molecular formula is C25H25F3O2. The van der Waals surface area contributed by atoms with Crippen LogP contribution >= 0.6 is 0 Å². The second-order valence-corrected chi connectivity index (χ2v) is 8.54. The summed E-state index contributed by atoms with van der Waals surface area (Å²) in [5.41, 5.74) is 0.629. The molecule has 0 aliphatic heterocycles. The summed E-state index contributed by atoms with van der Waals surface area (Å²) < 4.78 is 46.5. The van der Waals surface area contributed by atoms with Crippen molar-refractivity contribution in [2.75, 3.05) is 0 Å². The smallest absolute Gasteiger partial charge is 0.343 e. The monoisotopic (exact) mass is 414 g/mol. The third-order valence-corrected chi connectivity index (χ3v) is 6.76. The minimum absolute atomic E-state index is 0.000141. The second kappa shape index (κ2) is 8.66. The lowest BCUT2D eigenvalue weighted by atomic mass is 9.64. The molecule has 2 aliphatic rings. The van der Waals surface area contributed by atoms with Gasteiger partial charge >= 0.3 is 5.97 Å². The predicted molar refractivity (Wildman–Crippen MR) is 109 cm³/mol. The van der Waals surface area contributed by atoms with E-state index in [4.69, 9.17) is 4.74 Å². The van der Waals surface area contributed by atoms with Crippen molar-refractivity contribution in [2.45, 2.75) is 44.4 Å². The first-order valence-corrected chi connectivity index (χ1v) is 10.5. The van der Waals surface area contributed by atoms with E-state index in [0.717, 1.165) is 50.3 Å². The average molecular weight is 414 g/mol. The first kappa shape index (κ1) is 20.7. The fraction of sp³-hybridized carbons (Fsp3) is 0.400. The maximum absolute atomic E-state index is 14.9. The van der Waals surface area contributed by atoms with Crippen LogP contribution in [0.2, 0.25) is 0 Å². The second-order valence-electron chi connectivity index (χ2n) is 8.54. The van der Waals surface area contributed by atoms with Crippen LogP contribution in [0.4, 0.5) is 13.2 Å². The molecule has 2 aromatic carbocycles. The Hall–Kier alpha value is -2.56. The molecule has 0 radical (unpaired) electrons. The van der Waals surface area contributed by atoms with Crippen molar-refractivity contribution in [1.82, 2.24) is 0 Å². The number of carbonyl (C=O) groups excluding carboxylic acids is 1. The molecule has 2 fully saturated rings. The van der Waals surface area contributed by atoms with Crippen molar-refractivity contribution in [2.24, 2.45) is 17.8 Å². The van der Waals surface area contributed by atoms with Gasteiger partial charge in [-0.2, -0.15) is 0 Å². The molecule has 2 saturated carbocycles. The lowest BCUT2D eigenvalue weighted by molar-refractivity contribution is 0.0727. The minimum atomic E-state index is -0.983. The molecular weight excluding hydrogens is 389 g/mol. The molecule has 0 bridgehead atoms. The highest BCUT2D eigenvalue weighted by molar-refractivity contribution is 5.91. The van der Waals surface area contributed by atoms with Gasteiger partial charge in [0.05, 0.1) is 5.56 Å². The fourth-order valence-corrected chi connectivity index (χ4v) is 5.12. The number of fused-ring (bicyclic) bond motifs is 1. The number of allylic oxidation sites excluding steroid dienone is 1. The summed E-state index contributed by atoms with van der Waals surface area (Å²) in [6.07, 6.45) is 8.57. The highest BCUT2D eigenvalue weighted by Crippen LogP contribution is 2.48. The van der Waals surface area contributed by atoms with E-state index < -0.39 is 23.4 Å². The largest absolute Gasteiger partial charge is 0.420 e. The molecule has 2 aliphatic carbocycles. The maximum Gasteiger partial charge on any atom is 0.343 e. The highest BCUT2D eigenvalue weighted by atomic mass is 19.1. The quantitative estimate of drug-likeness (QED) is 0.312. The predicted octanol–water partition coefficient (Wildman–Crippen LogP) is 6.81. The number of esters is 1. The van der Waals surface area contributed by atoms with Gasteiger partial charge in [-0.1, -0.05) is 12.1 Å². The summed E-state index contributed by atoms with van der Waals surface area (Å²) in [5, 5.41) is 0. The van der Waals surface area contributed by atoms with Crippen LogP contribution in [0, 0.1) is 35.2 Å². The number of ether oxygens (including phenoxy) is 1. The molecule has 2 aromatic rings. The number of hydrogen-bond acceptors (Lipinski definition) is 2. The molecule has 4 atom stereocenters. The molecule has 5 heteroatoms. The van der Waals surface area contributed by atoms with E-state index in [-0.39, 0.29) is 17.2 Å². The Balaban J connectivity index is 1.44. The summed E-state index contributed by atoms with van der Waals surface area (Å²) >= 11 is 0. The molecule has 4 unspecified atom stereocenters. The number of benzene rings is 2. The fourth-order valence-electron chi connectivity index (χ4n) is 5.12. The van der Waals surface area contributed by atoms with Crippen molar-refractivity contribution in [1.29, 1.82) is 0 Å². The molecule has 0 heterocycles. The third-order valence-electron chi connectivity index (χ3n) is 6.76. The van der Waals surface area contributed by atoms with Crippen molar-refractivity contribution < 1.29 is 22.7 Å². The first-order valence-electron chi connectivity index (χ1n) is 10.5. The van der Waals surface area contributed by atoms with Gasteiger partial charge in [0.2, 0.25) is 0 Å². The van der Waals surface area contributed by atoms with E-state index in [1.165, 1.54) is 12.5 Å². The zero-order valence-electron chi connectivity index (χ0n) is 16.8. The minimum Gasteiger partial charge on any atom is -0.420 e. The van der Waals surface area contributed by atoms with Gasteiger partial charge in [0.15, 0.2) is 11.6 Å². The van der Waals surface area contributed by atoms with Crippen LogP contribution in [0.3, 0.4) is 0 Å². The molecule has 0 N–H and O–H groups in total. The number of hydrogen-bond donors (Lipinski definition) is 0. The SMILES string of the molecule is C=CC1CCC2CC(c3ccc(C(=O)Oc4ccc(F)cc4F)cc3F)CCC2C1. The highest BCUT2D eigenvalue weighted by Gasteiger charge is 2.36. The van der Waals surface area contributed by atoms with Gasteiger partial charge in [0.1, 0.15) is 11.6 Å². The Bertz CT molecular complexity index is 955. The zero-order valence-corrected chi connectivity index (χ0v) is 16.8. The van der Waals surface area contributed by atoms with Gasteiger partial charge in [0, 0.05) is 6.07 Å². The van der Waals surface area contributed by atoms with Gasteiger partial charge < -0.3 is 4.74 Å². The van der Waals surface area contributed by atoms with E-state index in [9.17, 15) is 18.0 Å². The Labute approximate surface area is 174 Å². The van der Waals surface area contributed by atoms with Crippen LogP contribution in [-0.2, 0) is 0 Å². The Morgan fingerprint density at radius 3 is 2.43 bits per heavy atom. The van der Waals surface area contributed by atoms with Crippen molar-refractivity contribution >= 4 is 5.97 Å². The van der Waals surface area contributed by atoms with E-state index in [0.29, 0.717) is 29.4 Å². The summed E-state index contributed by atoms with van der Waals surface area (Å²) in [4.78, 5) is 12.3. The standard InChI is InChI=1S/C25H25F3O2/c1-2-15-3-4-17-12-18(6-5-16(17)11-15)21-9-7-19(13-22(21)27)25(29)30-24-10-8-20(26)14-23(24)28/h2,7-10,13-18H,1,3-6,11-12H2. The maximum atomic E-state index is 14.9. The van der Waals surface area contributed by atoms with E-state index in [1.54, 1.807) is 6.07 Å². The normalized spacial score (nSPS) is 26.0. The van der Waals surface area contributed by atoms with Crippen molar-refractivity contribution in [3.8, 4) is 5.75 Å². The molecule has 4 rings (SSSR count). The average Bonchev–Trinajstić information content (AvgIpc) is 2.74. The van der Waals surface area contributed by atoms with E-state index in [2.05, 4.69) is 12.7 Å².